The van der Waals surface area contributed by atoms with Crippen molar-refractivity contribution in [3.05, 3.63) is 162 Å². The Balaban J connectivity index is 1.14. The first-order valence-corrected chi connectivity index (χ1v) is 17.0. The van der Waals surface area contributed by atoms with E-state index < -0.39 is 11.9 Å². The van der Waals surface area contributed by atoms with Crippen LogP contribution in [0.2, 0.25) is 0 Å². The highest BCUT2D eigenvalue weighted by molar-refractivity contribution is 7.99. The lowest BCUT2D eigenvalue weighted by molar-refractivity contribution is -0.137. The molecule has 0 aliphatic heterocycles. The summed E-state index contributed by atoms with van der Waals surface area (Å²) in [6, 6.07) is 33.8. The normalized spacial score (nSPS) is 10.1. The number of esters is 1. The summed E-state index contributed by atoms with van der Waals surface area (Å²) in [5.41, 5.74) is 5.76. The van der Waals surface area contributed by atoms with Gasteiger partial charge in [-0.1, -0.05) is 61.1 Å². The third-order valence-corrected chi connectivity index (χ3v) is 8.84. The number of benzene rings is 5. The fourth-order valence-corrected chi connectivity index (χ4v) is 5.77. The van der Waals surface area contributed by atoms with Crippen LogP contribution in [0.1, 0.15) is 33.4 Å². The van der Waals surface area contributed by atoms with Gasteiger partial charge in [0.2, 0.25) is 0 Å². The first-order valence-electron chi connectivity index (χ1n) is 15.3. The van der Waals surface area contributed by atoms with Crippen molar-refractivity contribution in [1.29, 1.82) is 0 Å². The predicted octanol–water partition coefficient (Wildman–Crippen LogP) is 9.08. The van der Waals surface area contributed by atoms with Gasteiger partial charge in [0.1, 0.15) is 19.0 Å². The van der Waals surface area contributed by atoms with E-state index in [1.807, 2.05) is 84.9 Å². The fraction of sp³-hybridized carbons (Fsp3) is 0.0952. The number of carbonyl (C=O) groups is 2. The SMILES string of the molecule is C=CC(=O)OCCSc1ccc(C#Cc2ccc3c(C)c(OCc4ccc(C#Cc5ccc(SOC(=O)C=C)cc5)cc4)ccc3c2)cc1. The van der Waals surface area contributed by atoms with Gasteiger partial charge in [-0.2, -0.15) is 0 Å². The highest BCUT2D eigenvalue weighted by Crippen LogP contribution is 2.29. The van der Waals surface area contributed by atoms with E-state index in [9.17, 15) is 9.59 Å². The average molecular weight is 681 g/mol. The molecule has 5 aromatic carbocycles. The number of rotatable bonds is 11. The Bertz CT molecular complexity index is 2090. The zero-order valence-electron chi connectivity index (χ0n) is 26.9. The van der Waals surface area contributed by atoms with Crippen LogP contribution in [0.4, 0.5) is 0 Å². The third-order valence-electron chi connectivity index (χ3n) is 7.15. The number of carbonyl (C=O) groups excluding carboxylic acids is 2. The summed E-state index contributed by atoms with van der Waals surface area (Å²) in [4.78, 5) is 24.2. The Labute approximate surface area is 295 Å². The number of fused-ring (bicyclic) bond motifs is 1. The van der Waals surface area contributed by atoms with Gasteiger partial charge in [-0.15, -0.1) is 11.8 Å². The van der Waals surface area contributed by atoms with Gasteiger partial charge in [0.05, 0.1) is 12.0 Å². The minimum absolute atomic E-state index is 0.343. The third kappa shape index (κ3) is 10.4. The van der Waals surface area contributed by atoms with E-state index in [0.29, 0.717) is 19.0 Å². The van der Waals surface area contributed by atoms with E-state index in [1.165, 1.54) is 6.08 Å². The smallest absolute Gasteiger partial charge is 0.342 e. The Kier molecular flexibility index (Phi) is 12.4. The lowest BCUT2D eigenvalue weighted by Gasteiger charge is -2.12. The highest BCUT2D eigenvalue weighted by atomic mass is 32.2. The monoisotopic (exact) mass is 680 g/mol. The summed E-state index contributed by atoms with van der Waals surface area (Å²) in [5, 5.41) is 2.23. The molecule has 0 heterocycles. The van der Waals surface area contributed by atoms with Crippen LogP contribution in [-0.4, -0.2) is 24.3 Å². The molecule has 0 N–H and O–H groups in total. The Morgan fingerprint density at radius 2 is 1.27 bits per heavy atom. The van der Waals surface area contributed by atoms with Crippen LogP contribution in [0.5, 0.6) is 5.75 Å². The Morgan fingerprint density at radius 3 is 1.90 bits per heavy atom. The summed E-state index contributed by atoms with van der Waals surface area (Å²) >= 11 is 2.61. The van der Waals surface area contributed by atoms with Gasteiger partial charge in [0.25, 0.3) is 0 Å². The van der Waals surface area contributed by atoms with Crippen molar-refractivity contribution in [1.82, 2.24) is 0 Å². The van der Waals surface area contributed by atoms with Gasteiger partial charge in [-0.3, -0.25) is 0 Å². The van der Waals surface area contributed by atoms with Gasteiger partial charge in [-0.25, -0.2) is 9.59 Å². The van der Waals surface area contributed by atoms with E-state index in [-0.39, 0.29) is 0 Å². The molecule has 0 aromatic heterocycles. The molecule has 0 bridgehead atoms. The zero-order chi connectivity index (χ0) is 34.4. The topological polar surface area (TPSA) is 61.8 Å². The van der Waals surface area contributed by atoms with Crippen LogP contribution >= 0.6 is 23.8 Å². The minimum Gasteiger partial charge on any atom is -0.489 e. The number of hydrogen-bond acceptors (Lipinski definition) is 7. The van der Waals surface area contributed by atoms with E-state index in [1.54, 1.807) is 11.8 Å². The quantitative estimate of drug-likeness (QED) is 0.0345. The average Bonchev–Trinajstić information content (AvgIpc) is 3.14. The first-order chi connectivity index (χ1) is 23.9. The molecular weight excluding hydrogens is 649 g/mol. The van der Waals surface area contributed by atoms with Crippen LogP contribution in [0.15, 0.2) is 138 Å². The summed E-state index contributed by atoms with van der Waals surface area (Å²) < 4.78 is 16.2. The molecule has 0 saturated carbocycles. The van der Waals surface area contributed by atoms with Crippen LogP contribution < -0.4 is 4.74 Å². The first kappa shape index (κ1) is 34.7. The van der Waals surface area contributed by atoms with E-state index >= 15 is 0 Å². The molecule has 0 radical (unpaired) electrons. The molecule has 0 atom stereocenters. The van der Waals surface area contributed by atoms with Gasteiger partial charge in [0, 0.05) is 49.9 Å². The van der Waals surface area contributed by atoms with Crippen molar-refractivity contribution in [2.45, 2.75) is 23.3 Å². The second-order valence-electron chi connectivity index (χ2n) is 10.6. The van der Waals surface area contributed by atoms with Gasteiger partial charge in [0.15, 0.2) is 0 Å². The molecule has 0 saturated heterocycles. The van der Waals surface area contributed by atoms with Crippen LogP contribution in [0, 0.1) is 30.6 Å². The van der Waals surface area contributed by atoms with Crippen molar-refractivity contribution < 1.29 is 23.2 Å². The number of hydrogen-bond donors (Lipinski definition) is 0. The maximum absolute atomic E-state index is 11.2. The Hall–Kier alpha value is -5.60. The molecule has 0 unspecified atom stereocenters. The molecular formula is C42H32O5S2. The fourth-order valence-electron chi connectivity index (χ4n) is 4.55. The van der Waals surface area contributed by atoms with Crippen molar-refractivity contribution in [2.24, 2.45) is 0 Å². The van der Waals surface area contributed by atoms with Crippen molar-refractivity contribution >= 4 is 46.5 Å². The van der Waals surface area contributed by atoms with Crippen LogP contribution in [-0.2, 0) is 25.1 Å². The molecule has 0 amide bonds. The van der Waals surface area contributed by atoms with Crippen LogP contribution in [0.3, 0.4) is 0 Å². The van der Waals surface area contributed by atoms with E-state index in [4.69, 9.17) is 13.7 Å². The molecule has 7 heteroatoms. The van der Waals surface area contributed by atoms with Crippen molar-refractivity contribution in [3.8, 4) is 29.4 Å². The number of ether oxygens (including phenoxy) is 2. The van der Waals surface area contributed by atoms with Gasteiger partial charge in [-0.05, 0) is 108 Å². The van der Waals surface area contributed by atoms with Crippen LogP contribution in [0.25, 0.3) is 10.8 Å². The van der Waals surface area contributed by atoms with Crippen molar-refractivity contribution in [3.63, 3.8) is 0 Å². The second kappa shape index (κ2) is 17.5. The standard InChI is InChI=1S/C42H32O5S2/c1-4-41(43)45-26-27-48-37-20-14-33(15-21-37)8-11-34-18-24-39-30(3)40(25-19-36(39)28-34)46-29-35-12-9-31(10-13-35)6-7-32-16-22-38(23-17-32)49-47-42(44)5-2/h4-5,9-10,12-25,28H,1-2,26-27,29H2,3H3. The molecule has 0 aliphatic carbocycles. The molecule has 0 aliphatic rings. The lowest BCUT2D eigenvalue weighted by Crippen LogP contribution is -2.03. The molecule has 5 aromatic rings. The minimum atomic E-state index is -0.480. The number of aryl methyl sites for hydroxylation is 1. The Morgan fingerprint density at radius 1 is 0.694 bits per heavy atom. The van der Waals surface area contributed by atoms with E-state index in [2.05, 4.69) is 62.0 Å². The van der Waals surface area contributed by atoms with Gasteiger partial charge >= 0.3 is 11.9 Å². The maximum Gasteiger partial charge on any atom is 0.342 e. The molecule has 0 fully saturated rings. The molecule has 5 nitrogen and oxygen atoms in total. The zero-order valence-corrected chi connectivity index (χ0v) is 28.5. The largest absolute Gasteiger partial charge is 0.489 e. The summed E-state index contributed by atoms with van der Waals surface area (Å²) in [6.07, 6.45) is 2.30. The van der Waals surface area contributed by atoms with Gasteiger partial charge < -0.3 is 13.7 Å². The van der Waals surface area contributed by atoms with Crippen molar-refractivity contribution in [2.75, 3.05) is 12.4 Å². The highest BCUT2D eigenvalue weighted by Gasteiger charge is 2.07. The molecule has 242 valence electrons. The maximum atomic E-state index is 11.2. The van der Waals surface area contributed by atoms with E-state index in [0.717, 1.165) is 77.8 Å². The summed E-state index contributed by atoms with van der Waals surface area (Å²) in [5.74, 6) is 13.5. The summed E-state index contributed by atoms with van der Waals surface area (Å²) in [7, 11) is 0. The molecule has 5 rings (SSSR count). The molecule has 0 spiro atoms. The second-order valence-corrected chi connectivity index (χ2v) is 12.5. The summed E-state index contributed by atoms with van der Waals surface area (Å²) in [6.45, 7) is 9.64. The lowest BCUT2D eigenvalue weighted by atomic mass is 10.0. The predicted molar refractivity (Wildman–Crippen MR) is 198 cm³/mol. The molecule has 49 heavy (non-hydrogen) atoms. The number of thioether (sulfide) groups is 1.